The van der Waals surface area contributed by atoms with E-state index in [0.717, 1.165) is 5.56 Å². The third-order valence-corrected chi connectivity index (χ3v) is 5.20. The summed E-state index contributed by atoms with van der Waals surface area (Å²) in [6, 6.07) is 11.4. The summed E-state index contributed by atoms with van der Waals surface area (Å²) in [4.78, 5) is 12.1. The smallest absolute Gasteiger partial charge is 0.338 e. The molecule has 0 aliphatic rings. The minimum Gasteiger partial charge on any atom is -0.755 e. The minimum atomic E-state index is -2.48. The van der Waals surface area contributed by atoms with Crippen LogP contribution in [0.2, 0.25) is 10.0 Å². The first-order chi connectivity index (χ1) is 12.6. The molecule has 0 saturated carbocycles. The van der Waals surface area contributed by atoms with Crippen molar-refractivity contribution in [2.75, 3.05) is 10.8 Å². The summed E-state index contributed by atoms with van der Waals surface area (Å²) < 4.78 is 29.8. The van der Waals surface area contributed by atoms with Gasteiger partial charge in [0.2, 0.25) is 0 Å². The zero-order chi connectivity index (χ0) is 20.2. The molecule has 146 valence electrons. The largest absolute Gasteiger partial charge is 0.755 e. The molecule has 0 N–H and O–H groups in total. The molecule has 1 unspecified atom stereocenters. The first-order valence-corrected chi connectivity index (χ1v) is 10.0. The quantitative estimate of drug-likeness (QED) is 0.489. The Labute approximate surface area is 171 Å². The number of halogens is 2. The van der Waals surface area contributed by atoms with E-state index in [2.05, 4.69) is 0 Å². The van der Waals surface area contributed by atoms with Crippen LogP contribution >= 0.6 is 23.2 Å². The van der Waals surface area contributed by atoms with Gasteiger partial charge in [-0.1, -0.05) is 35.3 Å². The Kier molecular flexibility index (Phi) is 7.28. The van der Waals surface area contributed by atoms with E-state index < -0.39 is 22.8 Å². The molecule has 27 heavy (non-hydrogen) atoms. The molecule has 0 heterocycles. The van der Waals surface area contributed by atoms with Crippen molar-refractivity contribution in [2.24, 2.45) is 0 Å². The molecule has 0 radical (unpaired) electrons. The maximum atomic E-state index is 12.1. The highest BCUT2D eigenvalue weighted by Crippen LogP contribution is 2.27. The van der Waals surface area contributed by atoms with Crippen LogP contribution in [0.1, 0.15) is 36.7 Å². The third kappa shape index (κ3) is 6.21. The lowest BCUT2D eigenvalue weighted by atomic mass is 10.1. The second-order valence-corrected chi connectivity index (χ2v) is 8.49. The second kappa shape index (κ2) is 9.06. The molecule has 0 aliphatic carbocycles. The van der Waals surface area contributed by atoms with Gasteiger partial charge < -0.3 is 13.6 Å². The SMILES string of the molecule is CC(C)(C)OC(=O)c1ccc(N(CCc2cccc(Cl)c2Cl)S(=O)[O-])cc1. The normalized spacial score (nSPS) is 12.5. The lowest BCUT2D eigenvalue weighted by molar-refractivity contribution is 0.00695. The average molecular weight is 429 g/mol. The molecule has 2 aromatic carbocycles. The van der Waals surface area contributed by atoms with Crippen LogP contribution in [0.15, 0.2) is 42.5 Å². The van der Waals surface area contributed by atoms with Gasteiger partial charge in [-0.3, -0.25) is 4.21 Å². The lowest BCUT2D eigenvalue weighted by Crippen LogP contribution is -2.28. The Morgan fingerprint density at radius 3 is 2.33 bits per heavy atom. The molecule has 0 amide bonds. The van der Waals surface area contributed by atoms with Crippen LogP contribution in [0.25, 0.3) is 0 Å². The number of anilines is 1. The number of ether oxygens (including phenoxy) is 1. The van der Waals surface area contributed by atoms with E-state index in [4.69, 9.17) is 27.9 Å². The number of esters is 1. The van der Waals surface area contributed by atoms with E-state index in [1.165, 1.54) is 16.4 Å². The van der Waals surface area contributed by atoms with Gasteiger partial charge in [-0.25, -0.2) is 4.79 Å². The monoisotopic (exact) mass is 428 g/mol. The standard InChI is InChI=1S/C19H21Cl2NO4S/c1-19(2,3)26-18(23)14-7-9-15(10-8-14)22(27(24)25)12-11-13-5-4-6-16(20)17(13)21/h4-10H,11-12H2,1-3H3,(H,24,25)/p-1. The summed E-state index contributed by atoms with van der Waals surface area (Å²) in [5.41, 5.74) is 0.941. The minimum absolute atomic E-state index is 0.182. The highest BCUT2D eigenvalue weighted by molar-refractivity contribution is 7.80. The summed E-state index contributed by atoms with van der Waals surface area (Å²) in [6.45, 7) is 5.52. The van der Waals surface area contributed by atoms with Crippen molar-refractivity contribution < 1.29 is 18.3 Å². The number of hydrogen-bond donors (Lipinski definition) is 0. The zero-order valence-electron chi connectivity index (χ0n) is 15.2. The highest BCUT2D eigenvalue weighted by atomic mass is 35.5. The predicted molar refractivity (Wildman–Crippen MR) is 108 cm³/mol. The molecular weight excluding hydrogens is 409 g/mol. The van der Waals surface area contributed by atoms with Gasteiger partial charge in [0.1, 0.15) is 5.60 Å². The van der Waals surface area contributed by atoms with Crippen molar-refractivity contribution in [2.45, 2.75) is 32.8 Å². The van der Waals surface area contributed by atoms with Crippen molar-refractivity contribution in [3.63, 3.8) is 0 Å². The first kappa shape index (κ1) is 21.7. The van der Waals surface area contributed by atoms with E-state index in [-0.39, 0.29) is 6.54 Å². The summed E-state index contributed by atoms with van der Waals surface area (Å²) >= 11 is 9.66. The number of benzene rings is 2. The number of carbonyl (C=O) groups is 1. The van der Waals surface area contributed by atoms with Crippen LogP contribution in [0.3, 0.4) is 0 Å². The average Bonchev–Trinajstić information content (AvgIpc) is 2.57. The third-order valence-electron chi connectivity index (χ3n) is 3.59. The van der Waals surface area contributed by atoms with E-state index in [1.54, 1.807) is 51.1 Å². The van der Waals surface area contributed by atoms with Crippen LogP contribution in [-0.4, -0.2) is 26.9 Å². The summed E-state index contributed by atoms with van der Waals surface area (Å²) in [5.74, 6) is -0.463. The molecular formula is C19H20Cl2NO4S-. The number of carbonyl (C=O) groups excluding carboxylic acids is 1. The fourth-order valence-electron chi connectivity index (χ4n) is 2.35. The van der Waals surface area contributed by atoms with Crippen molar-refractivity contribution in [3.05, 3.63) is 63.6 Å². The van der Waals surface area contributed by atoms with Gasteiger partial charge >= 0.3 is 5.97 Å². The van der Waals surface area contributed by atoms with Crippen molar-refractivity contribution in [3.8, 4) is 0 Å². The molecule has 2 rings (SSSR count). The zero-order valence-corrected chi connectivity index (χ0v) is 17.5. The summed E-state index contributed by atoms with van der Waals surface area (Å²) in [6.07, 6.45) is 0.390. The van der Waals surface area contributed by atoms with Crippen molar-refractivity contribution >= 4 is 46.1 Å². The second-order valence-electron chi connectivity index (χ2n) is 6.83. The van der Waals surface area contributed by atoms with Gasteiger partial charge in [0.25, 0.3) is 0 Å². The Balaban J connectivity index is 2.13. The van der Waals surface area contributed by atoms with Crippen molar-refractivity contribution in [1.82, 2.24) is 0 Å². The van der Waals surface area contributed by atoms with Crippen LogP contribution < -0.4 is 4.31 Å². The molecule has 8 heteroatoms. The molecule has 0 aromatic heterocycles. The number of rotatable bonds is 6. The summed E-state index contributed by atoms with van der Waals surface area (Å²) in [7, 11) is 0. The molecule has 1 atom stereocenters. The summed E-state index contributed by atoms with van der Waals surface area (Å²) in [5, 5.41) is 0.835. The Bertz CT molecular complexity index is 835. The fourth-order valence-corrected chi connectivity index (χ4v) is 3.30. The molecule has 0 aliphatic heterocycles. The molecule has 0 bridgehead atoms. The number of hydrogen-bond acceptors (Lipinski definition) is 4. The number of nitrogens with zero attached hydrogens (tertiary/aromatic N) is 1. The Morgan fingerprint density at radius 2 is 1.78 bits per heavy atom. The fraction of sp³-hybridized carbons (Fsp3) is 0.316. The maximum absolute atomic E-state index is 12.1. The van der Waals surface area contributed by atoms with E-state index in [1.807, 2.05) is 0 Å². The Morgan fingerprint density at radius 1 is 1.15 bits per heavy atom. The van der Waals surface area contributed by atoms with Crippen LogP contribution in [0, 0.1) is 0 Å². The van der Waals surface area contributed by atoms with Gasteiger partial charge in [0.15, 0.2) is 0 Å². The van der Waals surface area contributed by atoms with Gasteiger partial charge in [-0.2, -0.15) is 0 Å². The van der Waals surface area contributed by atoms with E-state index >= 15 is 0 Å². The van der Waals surface area contributed by atoms with Crippen molar-refractivity contribution in [1.29, 1.82) is 0 Å². The van der Waals surface area contributed by atoms with Gasteiger partial charge in [0, 0.05) is 23.5 Å². The van der Waals surface area contributed by atoms with Crippen LogP contribution in [-0.2, 0) is 22.4 Å². The first-order valence-electron chi connectivity index (χ1n) is 8.22. The Hall–Kier alpha value is -1.60. The lowest BCUT2D eigenvalue weighted by Gasteiger charge is -2.27. The van der Waals surface area contributed by atoms with Gasteiger partial charge in [-0.15, -0.1) is 0 Å². The molecule has 5 nitrogen and oxygen atoms in total. The van der Waals surface area contributed by atoms with Gasteiger partial charge in [-0.05, 0) is 63.1 Å². The van der Waals surface area contributed by atoms with Crippen LogP contribution in [0.4, 0.5) is 5.69 Å². The van der Waals surface area contributed by atoms with Gasteiger partial charge in [0.05, 0.1) is 15.6 Å². The molecule has 0 spiro atoms. The van der Waals surface area contributed by atoms with E-state index in [9.17, 15) is 13.6 Å². The van der Waals surface area contributed by atoms with Crippen LogP contribution in [0.5, 0.6) is 0 Å². The van der Waals surface area contributed by atoms with E-state index in [0.29, 0.717) is 27.7 Å². The molecule has 0 saturated heterocycles. The predicted octanol–water partition coefficient (Wildman–Crippen LogP) is 4.79. The highest BCUT2D eigenvalue weighted by Gasteiger charge is 2.18. The molecule has 0 fully saturated rings. The maximum Gasteiger partial charge on any atom is 0.338 e. The molecule has 2 aromatic rings. The topological polar surface area (TPSA) is 69.7 Å².